The number of benzene rings is 4. The molecule has 4 aromatic rings. The molecular formula is C36H38FN3O4S. The summed E-state index contributed by atoms with van der Waals surface area (Å²) in [6.07, 6.45) is 2.17. The molecule has 0 spiro atoms. The lowest BCUT2D eigenvalue weighted by atomic mass is 10.0. The fourth-order valence-corrected chi connectivity index (χ4v) is 7.03. The summed E-state index contributed by atoms with van der Waals surface area (Å²) in [7, 11) is -3.53. The van der Waals surface area contributed by atoms with Crippen LogP contribution in [0.25, 0.3) is 0 Å². The third-order valence-corrected chi connectivity index (χ3v) is 10.0. The smallest absolute Gasteiger partial charge is 0.247 e. The van der Waals surface area contributed by atoms with Crippen molar-refractivity contribution < 1.29 is 22.4 Å². The van der Waals surface area contributed by atoms with Gasteiger partial charge in [0.15, 0.2) is 0 Å². The molecule has 2 amide bonds. The molecule has 5 rings (SSSR count). The molecular weight excluding hydrogens is 589 g/mol. The summed E-state index contributed by atoms with van der Waals surface area (Å²) < 4.78 is 41.1. The van der Waals surface area contributed by atoms with Gasteiger partial charge in [0, 0.05) is 32.6 Å². The van der Waals surface area contributed by atoms with E-state index in [9.17, 15) is 22.4 Å². The zero-order valence-electron chi connectivity index (χ0n) is 25.4. The highest BCUT2D eigenvalue weighted by Gasteiger charge is 2.31. The van der Waals surface area contributed by atoms with Crippen molar-refractivity contribution in [3.05, 3.63) is 137 Å². The molecule has 1 heterocycles. The lowest BCUT2D eigenvalue weighted by Gasteiger charge is -2.32. The van der Waals surface area contributed by atoms with Crippen molar-refractivity contribution >= 4 is 21.8 Å². The number of carbonyl (C=O) groups excluding carboxylic acids is 2. The molecule has 1 aliphatic rings. The van der Waals surface area contributed by atoms with Crippen LogP contribution >= 0.6 is 0 Å². The van der Waals surface area contributed by atoms with Crippen LogP contribution in [0.4, 0.5) is 4.39 Å². The summed E-state index contributed by atoms with van der Waals surface area (Å²) in [5.74, 6) is -0.969. The van der Waals surface area contributed by atoms with Crippen molar-refractivity contribution in [1.29, 1.82) is 0 Å². The van der Waals surface area contributed by atoms with Gasteiger partial charge in [0.05, 0.1) is 4.90 Å². The number of nitrogens with one attached hydrogen (secondary N) is 1. The third-order valence-electron chi connectivity index (χ3n) is 8.10. The van der Waals surface area contributed by atoms with Crippen LogP contribution in [-0.2, 0) is 39.1 Å². The SMILES string of the molecule is Cc1ccc(CNC(=O)C(c2ccccc2)N(Cc2ccc(F)cc2)C(=O)CCc2ccc(S(=O)(=O)N3CCCC3)cc2)cc1. The minimum atomic E-state index is -3.53. The van der Waals surface area contributed by atoms with Crippen LogP contribution in [0.1, 0.15) is 53.1 Å². The normalized spacial score (nSPS) is 14.2. The van der Waals surface area contributed by atoms with Gasteiger partial charge in [-0.1, -0.05) is 84.4 Å². The van der Waals surface area contributed by atoms with E-state index in [1.807, 2.05) is 61.5 Å². The molecule has 7 nitrogen and oxygen atoms in total. The van der Waals surface area contributed by atoms with Gasteiger partial charge in [-0.05, 0) is 72.7 Å². The Morgan fingerprint density at radius 3 is 2.07 bits per heavy atom. The van der Waals surface area contributed by atoms with E-state index in [0.29, 0.717) is 37.2 Å². The topological polar surface area (TPSA) is 86.8 Å². The molecule has 0 saturated carbocycles. The fourth-order valence-electron chi connectivity index (χ4n) is 5.51. The molecule has 1 N–H and O–H groups in total. The molecule has 1 atom stereocenters. The number of aryl methyl sites for hydroxylation is 2. The van der Waals surface area contributed by atoms with Crippen LogP contribution < -0.4 is 5.32 Å². The number of hydrogen-bond donors (Lipinski definition) is 1. The van der Waals surface area contributed by atoms with E-state index in [0.717, 1.165) is 29.5 Å². The van der Waals surface area contributed by atoms with E-state index in [-0.39, 0.29) is 35.5 Å². The van der Waals surface area contributed by atoms with Crippen molar-refractivity contribution in [1.82, 2.24) is 14.5 Å². The van der Waals surface area contributed by atoms with Crippen molar-refractivity contribution in [2.75, 3.05) is 13.1 Å². The molecule has 1 unspecified atom stereocenters. The zero-order chi connectivity index (χ0) is 31.8. The van der Waals surface area contributed by atoms with Crippen LogP contribution in [0.5, 0.6) is 0 Å². The zero-order valence-corrected chi connectivity index (χ0v) is 26.2. The second-order valence-electron chi connectivity index (χ2n) is 11.4. The molecule has 1 aliphatic heterocycles. The highest BCUT2D eigenvalue weighted by Crippen LogP contribution is 2.26. The largest absolute Gasteiger partial charge is 0.350 e. The van der Waals surface area contributed by atoms with Crippen LogP contribution in [0.15, 0.2) is 108 Å². The molecule has 234 valence electrons. The van der Waals surface area contributed by atoms with Crippen LogP contribution in [0.2, 0.25) is 0 Å². The number of halogens is 1. The first-order chi connectivity index (χ1) is 21.7. The molecule has 0 bridgehead atoms. The molecule has 4 aromatic carbocycles. The van der Waals surface area contributed by atoms with Crippen molar-refractivity contribution in [2.24, 2.45) is 0 Å². The van der Waals surface area contributed by atoms with E-state index < -0.39 is 16.1 Å². The van der Waals surface area contributed by atoms with E-state index in [1.165, 1.54) is 16.4 Å². The number of hydrogen-bond acceptors (Lipinski definition) is 4. The monoisotopic (exact) mass is 627 g/mol. The van der Waals surface area contributed by atoms with Gasteiger partial charge < -0.3 is 10.2 Å². The fraction of sp³-hybridized carbons (Fsp3) is 0.278. The van der Waals surface area contributed by atoms with Crippen LogP contribution in [0, 0.1) is 12.7 Å². The first kappa shape index (κ1) is 32.1. The number of carbonyl (C=O) groups is 2. The summed E-state index contributed by atoms with van der Waals surface area (Å²) >= 11 is 0. The Labute approximate surface area is 264 Å². The highest BCUT2D eigenvalue weighted by molar-refractivity contribution is 7.89. The third kappa shape index (κ3) is 8.23. The summed E-state index contributed by atoms with van der Waals surface area (Å²) in [6, 6.07) is 28.7. The van der Waals surface area contributed by atoms with Crippen LogP contribution in [-0.4, -0.2) is 42.5 Å². The summed E-state index contributed by atoms with van der Waals surface area (Å²) in [4.78, 5) is 29.6. The molecule has 0 aromatic heterocycles. The molecule has 0 aliphatic carbocycles. The first-order valence-electron chi connectivity index (χ1n) is 15.2. The summed E-state index contributed by atoms with van der Waals surface area (Å²) in [5, 5.41) is 3.01. The minimum absolute atomic E-state index is 0.0913. The van der Waals surface area contributed by atoms with Gasteiger partial charge in [-0.25, -0.2) is 12.8 Å². The quantitative estimate of drug-likeness (QED) is 0.211. The second-order valence-corrected chi connectivity index (χ2v) is 13.4. The Balaban J connectivity index is 1.37. The van der Waals surface area contributed by atoms with Crippen molar-refractivity contribution in [3.63, 3.8) is 0 Å². The Morgan fingerprint density at radius 1 is 0.822 bits per heavy atom. The Kier molecular flexibility index (Phi) is 10.4. The van der Waals surface area contributed by atoms with Crippen molar-refractivity contribution in [3.8, 4) is 0 Å². The van der Waals surface area contributed by atoms with Gasteiger partial charge in [0.25, 0.3) is 0 Å². The molecule has 1 saturated heterocycles. The Hall–Kier alpha value is -4.34. The van der Waals surface area contributed by atoms with Gasteiger partial charge in [0.1, 0.15) is 11.9 Å². The van der Waals surface area contributed by atoms with Gasteiger partial charge >= 0.3 is 0 Å². The maximum atomic E-state index is 14.0. The van der Waals surface area contributed by atoms with Gasteiger partial charge in [-0.3, -0.25) is 9.59 Å². The molecule has 1 fully saturated rings. The van der Waals surface area contributed by atoms with E-state index in [2.05, 4.69) is 5.32 Å². The molecule has 9 heteroatoms. The second kappa shape index (κ2) is 14.6. The summed E-state index contributed by atoms with van der Waals surface area (Å²) in [6.45, 7) is 3.46. The number of sulfonamides is 1. The first-order valence-corrected chi connectivity index (χ1v) is 16.7. The standard InChI is InChI=1S/C36H38FN3O4S/c1-27-9-11-29(12-10-27)25-38-36(42)35(31-7-3-2-4-8-31)40(26-30-13-18-32(37)19-14-30)34(41)22-17-28-15-20-33(21-16-28)45(43,44)39-23-5-6-24-39/h2-4,7-16,18-21,35H,5-6,17,22-26H2,1H3,(H,38,42). The van der Waals surface area contributed by atoms with E-state index in [4.69, 9.17) is 0 Å². The number of rotatable bonds is 12. The van der Waals surface area contributed by atoms with Crippen LogP contribution in [0.3, 0.4) is 0 Å². The van der Waals surface area contributed by atoms with E-state index >= 15 is 0 Å². The average molecular weight is 628 g/mol. The lowest BCUT2D eigenvalue weighted by molar-refractivity contribution is -0.141. The maximum absolute atomic E-state index is 14.0. The average Bonchev–Trinajstić information content (AvgIpc) is 3.61. The molecule has 45 heavy (non-hydrogen) atoms. The Bertz CT molecular complexity index is 1690. The Morgan fingerprint density at radius 2 is 1.42 bits per heavy atom. The van der Waals surface area contributed by atoms with E-state index in [1.54, 1.807) is 41.3 Å². The predicted molar refractivity (Wildman–Crippen MR) is 172 cm³/mol. The lowest BCUT2D eigenvalue weighted by Crippen LogP contribution is -2.43. The highest BCUT2D eigenvalue weighted by atomic mass is 32.2. The predicted octanol–water partition coefficient (Wildman–Crippen LogP) is 5.94. The minimum Gasteiger partial charge on any atom is -0.350 e. The number of nitrogens with zero attached hydrogens (tertiary/aromatic N) is 2. The van der Waals surface area contributed by atoms with Gasteiger partial charge in [0.2, 0.25) is 21.8 Å². The van der Waals surface area contributed by atoms with Gasteiger partial charge in [-0.2, -0.15) is 4.31 Å². The molecule has 0 radical (unpaired) electrons. The number of amides is 2. The van der Waals surface area contributed by atoms with Gasteiger partial charge in [-0.15, -0.1) is 0 Å². The van der Waals surface area contributed by atoms with Crippen molar-refractivity contribution in [2.45, 2.75) is 56.6 Å². The maximum Gasteiger partial charge on any atom is 0.247 e. The summed E-state index contributed by atoms with van der Waals surface area (Å²) in [5.41, 5.74) is 4.21.